The summed E-state index contributed by atoms with van der Waals surface area (Å²) >= 11 is 0. The number of nitrogens with one attached hydrogen (secondary N) is 3. The van der Waals surface area contributed by atoms with Gasteiger partial charge in [0.15, 0.2) is 5.60 Å². The maximum absolute atomic E-state index is 12.9. The van der Waals surface area contributed by atoms with E-state index in [9.17, 15) is 19.5 Å². The molecular weight excluding hydrogens is 378 g/mol. The molecule has 9 nitrogen and oxygen atoms in total. The molecule has 1 aromatic carbocycles. The fraction of sp³-hybridized carbons (Fsp3) is 0.550. The number of amides is 3. The Hall–Kier alpha value is -2.65. The monoisotopic (exact) mass is 409 g/mol. The van der Waals surface area contributed by atoms with Gasteiger partial charge in [0.25, 0.3) is 5.91 Å². The van der Waals surface area contributed by atoms with Crippen LogP contribution in [-0.2, 0) is 20.8 Å². The highest BCUT2D eigenvalue weighted by Crippen LogP contribution is 2.25. The smallest absolute Gasteiger partial charge is 0.275 e. The molecule has 1 aromatic rings. The first-order valence-electron chi connectivity index (χ1n) is 9.38. The molecule has 0 aliphatic carbocycles. The van der Waals surface area contributed by atoms with Crippen molar-refractivity contribution in [2.75, 3.05) is 14.2 Å². The second kappa shape index (κ2) is 10.8. The molecule has 5 N–H and O–H groups in total. The first-order valence-corrected chi connectivity index (χ1v) is 9.38. The van der Waals surface area contributed by atoms with Gasteiger partial charge in [0.2, 0.25) is 11.8 Å². The minimum absolute atomic E-state index is 0.0243. The van der Waals surface area contributed by atoms with Crippen molar-refractivity contribution in [3.63, 3.8) is 0 Å². The second-order valence-electron chi connectivity index (χ2n) is 7.50. The number of hydrogen-bond acceptors (Lipinski definition) is 6. The van der Waals surface area contributed by atoms with Gasteiger partial charge in [0, 0.05) is 13.5 Å². The molecule has 162 valence electrons. The largest absolute Gasteiger partial charge is 0.497 e. The molecule has 0 radical (unpaired) electrons. The van der Waals surface area contributed by atoms with Gasteiger partial charge in [-0.25, -0.2) is 5.48 Å². The van der Waals surface area contributed by atoms with E-state index in [1.807, 2.05) is 13.8 Å². The van der Waals surface area contributed by atoms with Gasteiger partial charge in [-0.15, -0.1) is 0 Å². The van der Waals surface area contributed by atoms with Gasteiger partial charge in [-0.05, 0) is 37.0 Å². The molecule has 1 rings (SSSR count). The zero-order valence-electron chi connectivity index (χ0n) is 17.5. The molecular formula is C20H31N3O6. The number of hydrogen-bond donors (Lipinski definition) is 5. The van der Waals surface area contributed by atoms with Crippen LogP contribution in [0, 0.1) is 11.8 Å². The Kier molecular flexibility index (Phi) is 9.06. The highest BCUT2D eigenvalue weighted by Gasteiger charge is 2.44. The second-order valence-corrected chi connectivity index (χ2v) is 7.50. The van der Waals surface area contributed by atoms with Crippen LogP contribution in [0.5, 0.6) is 5.75 Å². The molecule has 0 heterocycles. The number of methoxy groups -OCH3 is 1. The number of hydroxylamine groups is 1. The van der Waals surface area contributed by atoms with Gasteiger partial charge in [-0.1, -0.05) is 26.0 Å². The van der Waals surface area contributed by atoms with E-state index in [1.54, 1.807) is 31.4 Å². The van der Waals surface area contributed by atoms with Crippen molar-refractivity contribution in [2.24, 2.45) is 11.8 Å². The number of carbonyl (C=O) groups is 3. The lowest BCUT2D eigenvalue weighted by Crippen LogP contribution is -2.57. The van der Waals surface area contributed by atoms with Crippen LogP contribution in [0.15, 0.2) is 24.3 Å². The fourth-order valence-electron chi connectivity index (χ4n) is 2.99. The van der Waals surface area contributed by atoms with Crippen molar-refractivity contribution in [1.29, 1.82) is 0 Å². The lowest BCUT2D eigenvalue weighted by molar-refractivity contribution is -0.159. The maximum Gasteiger partial charge on any atom is 0.275 e. The minimum Gasteiger partial charge on any atom is -0.497 e. The van der Waals surface area contributed by atoms with Crippen LogP contribution in [0.25, 0.3) is 0 Å². The van der Waals surface area contributed by atoms with Gasteiger partial charge in [0.1, 0.15) is 11.8 Å². The van der Waals surface area contributed by atoms with Gasteiger partial charge >= 0.3 is 0 Å². The molecule has 3 amide bonds. The third-order valence-electron chi connectivity index (χ3n) is 4.74. The number of ether oxygens (including phenoxy) is 1. The first kappa shape index (κ1) is 24.4. The molecule has 9 heteroatoms. The van der Waals surface area contributed by atoms with Crippen LogP contribution in [-0.4, -0.2) is 53.8 Å². The lowest BCUT2D eigenvalue weighted by Gasteiger charge is -2.32. The SMILES string of the molecule is CNC(=O)[C@H](Cc1ccc(OC)cc1)NC(=O)[C@H](CC(C)C)[C@](C)(O)C(=O)NO. The molecule has 0 aliphatic heterocycles. The fourth-order valence-corrected chi connectivity index (χ4v) is 2.99. The third kappa shape index (κ3) is 6.72. The van der Waals surface area contributed by atoms with Crippen molar-refractivity contribution in [3.8, 4) is 5.75 Å². The van der Waals surface area contributed by atoms with Crippen LogP contribution < -0.4 is 20.9 Å². The summed E-state index contributed by atoms with van der Waals surface area (Å²) in [5.74, 6) is -2.69. The Bertz CT molecular complexity index is 703. The van der Waals surface area contributed by atoms with E-state index in [2.05, 4.69) is 10.6 Å². The summed E-state index contributed by atoms with van der Waals surface area (Å²) in [6.45, 7) is 4.82. The van der Waals surface area contributed by atoms with Gasteiger partial charge in [0.05, 0.1) is 13.0 Å². The topological polar surface area (TPSA) is 137 Å². The predicted molar refractivity (Wildman–Crippen MR) is 106 cm³/mol. The zero-order chi connectivity index (χ0) is 22.2. The number of rotatable bonds is 10. The summed E-state index contributed by atoms with van der Waals surface area (Å²) in [5.41, 5.74) is 0.0270. The Morgan fingerprint density at radius 2 is 1.72 bits per heavy atom. The van der Waals surface area contributed by atoms with Crippen LogP contribution in [0.3, 0.4) is 0 Å². The minimum atomic E-state index is -2.16. The van der Waals surface area contributed by atoms with E-state index in [-0.39, 0.29) is 18.8 Å². The highest BCUT2D eigenvalue weighted by molar-refractivity contribution is 5.94. The van der Waals surface area contributed by atoms with Crippen LogP contribution in [0.1, 0.15) is 32.8 Å². The normalized spacial score (nSPS) is 15.0. The van der Waals surface area contributed by atoms with Crippen LogP contribution >= 0.6 is 0 Å². The Morgan fingerprint density at radius 1 is 1.14 bits per heavy atom. The summed E-state index contributed by atoms with van der Waals surface area (Å²) < 4.78 is 5.11. The molecule has 3 atom stereocenters. The van der Waals surface area contributed by atoms with E-state index in [4.69, 9.17) is 9.94 Å². The average Bonchev–Trinajstić information content (AvgIpc) is 2.70. The molecule has 0 aliphatic rings. The van der Waals surface area contributed by atoms with Gasteiger partial charge < -0.3 is 20.5 Å². The van der Waals surface area contributed by atoms with Crippen molar-refractivity contribution in [2.45, 2.75) is 45.3 Å². The van der Waals surface area contributed by atoms with E-state index >= 15 is 0 Å². The maximum atomic E-state index is 12.9. The van der Waals surface area contributed by atoms with E-state index in [0.29, 0.717) is 5.75 Å². The zero-order valence-corrected chi connectivity index (χ0v) is 17.5. The summed E-state index contributed by atoms with van der Waals surface area (Å²) in [4.78, 5) is 37.2. The van der Waals surface area contributed by atoms with Gasteiger partial charge in [-0.2, -0.15) is 0 Å². The molecule has 0 saturated carbocycles. The molecule has 0 spiro atoms. The van der Waals surface area contributed by atoms with Gasteiger partial charge in [-0.3, -0.25) is 19.6 Å². The predicted octanol–water partition coefficient (Wildman–Crippen LogP) is 0.387. The number of aliphatic hydroxyl groups is 1. The third-order valence-corrected chi connectivity index (χ3v) is 4.74. The lowest BCUT2D eigenvalue weighted by atomic mass is 9.81. The van der Waals surface area contributed by atoms with E-state index in [1.165, 1.54) is 12.5 Å². The van der Waals surface area contributed by atoms with Crippen LogP contribution in [0.4, 0.5) is 0 Å². The molecule has 0 unspecified atom stereocenters. The summed E-state index contributed by atoms with van der Waals surface area (Å²) in [7, 11) is 3.00. The van der Waals surface area contributed by atoms with Crippen molar-refractivity contribution < 1.29 is 29.4 Å². The Labute approximate surface area is 170 Å². The molecule has 0 fully saturated rings. The quantitative estimate of drug-likeness (QED) is 0.280. The van der Waals surface area contributed by atoms with Crippen molar-refractivity contribution in [3.05, 3.63) is 29.8 Å². The Balaban J connectivity index is 3.08. The Morgan fingerprint density at radius 3 is 2.17 bits per heavy atom. The molecule has 0 aromatic heterocycles. The highest BCUT2D eigenvalue weighted by atomic mass is 16.5. The van der Waals surface area contributed by atoms with Crippen molar-refractivity contribution in [1.82, 2.24) is 16.1 Å². The van der Waals surface area contributed by atoms with E-state index < -0.39 is 35.3 Å². The van der Waals surface area contributed by atoms with E-state index in [0.717, 1.165) is 12.5 Å². The molecule has 0 bridgehead atoms. The van der Waals surface area contributed by atoms with Crippen molar-refractivity contribution >= 4 is 17.7 Å². The summed E-state index contributed by atoms with van der Waals surface area (Å²) in [5, 5.41) is 24.6. The molecule has 29 heavy (non-hydrogen) atoms. The summed E-state index contributed by atoms with van der Waals surface area (Å²) in [6.07, 6.45) is 0.382. The number of benzene rings is 1. The van der Waals surface area contributed by atoms with Crippen LogP contribution in [0.2, 0.25) is 0 Å². The summed E-state index contributed by atoms with van der Waals surface area (Å²) in [6, 6.07) is 6.14. The standard InChI is InChI=1S/C20H31N3O6/c1-12(2)10-15(20(3,27)19(26)23-28)17(24)22-16(18(25)21-4)11-13-6-8-14(29-5)9-7-13/h6-9,12,15-16,27-28H,10-11H2,1-5H3,(H,21,25)(H,22,24)(H,23,26)/t15-,16-,20-/m0/s1. The number of likely N-dealkylation sites (N-methyl/N-ethyl adjacent to an activating group) is 1. The first-order chi connectivity index (χ1) is 13.6. The average molecular weight is 409 g/mol. The molecule has 0 saturated heterocycles. The number of carbonyl (C=O) groups excluding carboxylic acids is 3.